The summed E-state index contributed by atoms with van der Waals surface area (Å²) in [6, 6.07) is 18.4. The van der Waals surface area contributed by atoms with Crippen LogP contribution in [0.15, 0.2) is 69.9 Å². The second-order valence-electron chi connectivity index (χ2n) is 7.22. The third-order valence-electron chi connectivity index (χ3n) is 5.34. The maximum absolute atomic E-state index is 13.8. The molecule has 4 nitrogen and oxygen atoms in total. The van der Waals surface area contributed by atoms with Crippen molar-refractivity contribution >= 4 is 23.1 Å². The predicted octanol–water partition coefficient (Wildman–Crippen LogP) is 6.21. The predicted molar refractivity (Wildman–Crippen MR) is 124 cm³/mol. The van der Waals surface area contributed by atoms with Gasteiger partial charge in [0.05, 0.1) is 29.7 Å². The summed E-state index contributed by atoms with van der Waals surface area (Å²) in [7, 11) is 1.63. The quantitative estimate of drug-likeness (QED) is 0.381. The van der Waals surface area contributed by atoms with Crippen LogP contribution in [0.1, 0.15) is 29.4 Å². The van der Waals surface area contributed by atoms with Crippen LogP contribution >= 0.6 is 0 Å². The summed E-state index contributed by atoms with van der Waals surface area (Å²) in [6.45, 7) is 2.04. The average molecular weight is 425 g/mol. The maximum Gasteiger partial charge on any atom is 0.201 e. The third kappa shape index (κ3) is 3.91. The Morgan fingerprint density at radius 3 is 2.56 bits per heavy atom. The Balaban J connectivity index is 1.94. The van der Waals surface area contributed by atoms with Gasteiger partial charge in [0, 0.05) is 5.56 Å². The zero-order chi connectivity index (χ0) is 22.7. The standard InChI is InChI=1S/C27H20FNO3/c1-3-21-18(5-4-6-23(21)31-2)11-13-25-26(19-9-7-17(16-29)8-10-19)27(30)22-15-20(28)12-14-24(22)32-25/h4-15H,3H2,1-2H3. The zero-order valence-corrected chi connectivity index (χ0v) is 17.7. The largest absolute Gasteiger partial charge is 0.496 e. The molecule has 5 heteroatoms. The molecule has 158 valence electrons. The second-order valence-corrected chi connectivity index (χ2v) is 7.22. The molecule has 0 atom stereocenters. The van der Waals surface area contributed by atoms with Gasteiger partial charge in [0.15, 0.2) is 0 Å². The number of hydrogen-bond acceptors (Lipinski definition) is 4. The zero-order valence-electron chi connectivity index (χ0n) is 17.7. The van der Waals surface area contributed by atoms with Crippen molar-refractivity contribution in [3.63, 3.8) is 0 Å². The number of fused-ring (bicyclic) bond motifs is 1. The van der Waals surface area contributed by atoms with E-state index in [0.29, 0.717) is 28.0 Å². The first kappa shape index (κ1) is 21.1. The number of nitriles is 1. The van der Waals surface area contributed by atoms with Crippen LogP contribution in [-0.4, -0.2) is 7.11 Å². The van der Waals surface area contributed by atoms with Gasteiger partial charge in [0.2, 0.25) is 5.43 Å². The molecule has 3 aromatic carbocycles. The van der Waals surface area contributed by atoms with Crippen LogP contribution < -0.4 is 10.2 Å². The normalized spacial score (nSPS) is 11.1. The summed E-state index contributed by atoms with van der Waals surface area (Å²) in [5.74, 6) is 0.629. The van der Waals surface area contributed by atoms with Crippen LogP contribution in [0.3, 0.4) is 0 Å². The number of halogens is 1. The molecule has 0 saturated carbocycles. The van der Waals surface area contributed by atoms with Crippen molar-refractivity contribution in [2.24, 2.45) is 0 Å². The fourth-order valence-corrected chi connectivity index (χ4v) is 3.76. The number of benzene rings is 3. The van der Waals surface area contributed by atoms with E-state index in [1.165, 1.54) is 18.2 Å². The molecule has 4 rings (SSSR count). The summed E-state index contributed by atoms with van der Waals surface area (Å²) in [4.78, 5) is 13.3. The first-order valence-electron chi connectivity index (χ1n) is 10.2. The van der Waals surface area contributed by atoms with Gasteiger partial charge < -0.3 is 9.15 Å². The summed E-state index contributed by atoms with van der Waals surface area (Å²) in [5.41, 5.74) is 3.32. The minimum atomic E-state index is -0.511. The molecule has 1 heterocycles. The van der Waals surface area contributed by atoms with Crippen molar-refractivity contribution in [1.82, 2.24) is 0 Å². The first-order valence-corrected chi connectivity index (χ1v) is 10.2. The maximum atomic E-state index is 13.8. The van der Waals surface area contributed by atoms with Gasteiger partial charge in [-0.3, -0.25) is 4.79 Å². The molecule has 0 N–H and O–H groups in total. The Morgan fingerprint density at radius 2 is 1.88 bits per heavy atom. The lowest BCUT2D eigenvalue weighted by atomic mass is 9.99. The Labute approximate surface area is 184 Å². The number of ether oxygens (including phenoxy) is 1. The molecule has 0 aliphatic carbocycles. The minimum absolute atomic E-state index is 0.164. The van der Waals surface area contributed by atoms with Gasteiger partial charge in [0.25, 0.3) is 0 Å². The van der Waals surface area contributed by atoms with Crippen LogP contribution in [0, 0.1) is 17.1 Å². The highest BCUT2D eigenvalue weighted by Gasteiger charge is 2.16. The first-order chi connectivity index (χ1) is 15.5. The van der Waals surface area contributed by atoms with E-state index in [-0.39, 0.29) is 10.8 Å². The topological polar surface area (TPSA) is 63.2 Å². The number of nitrogens with zero attached hydrogens (tertiary/aromatic N) is 1. The Kier molecular flexibility index (Phi) is 5.87. The summed E-state index contributed by atoms with van der Waals surface area (Å²) in [6.07, 6.45) is 4.39. The highest BCUT2D eigenvalue weighted by Crippen LogP contribution is 2.29. The molecule has 1 aromatic heterocycles. The van der Waals surface area contributed by atoms with Crippen LogP contribution in [0.2, 0.25) is 0 Å². The van der Waals surface area contributed by atoms with E-state index in [0.717, 1.165) is 23.3 Å². The van der Waals surface area contributed by atoms with Crippen LogP contribution in [0.5, 0.6) is 5.75 Å². The molecule has 0 amide bonds. The van der Waals surface area contributed by atoms with Crippen LogP contribution in [-0.2, 0) is 6.42 Å². The lowest BCUT2D eigenvalue weighted by Crippen LogP contribution is -2.08. The van der Waals surface area contributed by atoms with E-state index in [1.807, 2.05) is 31.2 Å². The molecule has 0 unspecified atom stereocenters. The summed E-state index contributed by atoms with van der Waals surface area (Å²) >= 11 is 0. The molecule has 0 bridgehead atoms. The lowest BCUT2D eigenvalue weighted by Gasteiger charge is -2.10. The molecule has 0 saturated heterocycles. The van der Waals surface area contributed by atoms with E-state index in [4.69, 9.17) is 14.4 Å². The van der Waals surface area contributed by atoms with Gasteiger partial charge >= 0.3 is 0 Å². The molecule has 0 aliphatic heterocycles. The molecular formula is C27H20FNO3. The second kappa shape index (κ2) is 8.91. The van der Waals surface area contributed by atoms with Crippen LogP contribution in [0.25, 0.3) is 34.2 Å². The molecule has 0 aliphatic rings. The molecule has 32 heavy (non-hydrogen) atoms. The fourth-order valence-electron chi connectivity index (χ4n) is 3.76. The summed E-state index contributed by atoms with van der Waals surface area (Å²) in [5, 5.41) is 9.25. The van der Waals surface area contributed by atoms with Gasteiger partial charge in [-0.25, -0.2) is 4.39 Å². The molecule has 0 radical (unpaired) electrons. The van der Waals surface area contributed by atoms with Crippen molar-refractivity contribution in [3.8, 4) is 22.9 Å². The van der Waals surface area contributed by atoms with E-state index in [9.17, 15) is 9.18 Å². The van der Waals surface area contributed by atoms with Gasteiger partial charge in [-0.1, -0.05) is 37.3 Å². The third-order valence-corrected chi connectivity index (χ3v) is 5.34. The molecule has 4 aromatic rings. The van der Waals surface area contributed by atoms with E-state index in [1.54, 1.807) is 37.5 Å². The smallest absolute Gasteiger partial charge is 0.201 e. The van der Waals surface area contributed by atoms with Gasteiger partial charge in [0.1, 0.15) is 22.9 Å². The number of rotatable bonds is 5. The molecular weight excluding hydrogens is 405 g/mol. The average Bonchev–Trinajstić information content (AvgIpc) is 2.83. The van der Waals surface area contributed by atoms with E-state index >= 15 is 0 Å². The van der Waals surface area contributed by atoms with Crippen molar-refractivity contribution in [2.75, 3.05) is 7.11 Å². The van der Waals surface area contributed by atoms with Crippen molar-refractivity contribution < 1.29 is 13.5 Å². The minimum Gasteiger partial charge on any atom is -0.496 e. The van der Waals surface area contributed by atoms with Gasteiger partial charge in [-0.15, -0.1) is 0 Å². The Bertz CT molecular complexity index is 1430. The van der Waals surface area contributed by atoms with Crippen molar-refractivity contribution in [3.05, 3.63) is 99.2 Å². The molecule has 0 spiro atoms. The monoisotopic (exact) mass is 425 g/mol. The van der Waals surface area contributed by atoms with Gasteiger partial charge in [-0.05, 0) is 60.0 Å². The lowest BCUT2D eigenvalue weighted by molar-refractivity contribution is 0.410. The van der Waals surface area contributed by atoms with Crippen molar-refractivity contribution in [2.45, 2.75) is 13.3 Å². The number of methoxy groups -OCH3 is 1. The highest BCUT2D eigenvalue weighted by molar-refractivity contribution is 5.87. The number of hydrogen-bond donors (Lipinski definition) is 0. The summed E-state index contributed by atoms with van der Waals surface area (Å²) < 4.78 is 25.3. The Morgan fingerprint density at radius 1 is 1.09 bits per heavy atom. The SMILES string of the molecule is CCc1c(C=Cc2oc3ccc(F)cc3c(=O)c2-c2ccc(C#N)cc2)cccc1OC. The fraction of sp³-hybridized carbons (Fsp3) is 0.111. The highest BCUT2D eigenvalue weighted by atomic mass is 19.1. The van der Waals surface area contributed by atoms with Gasteiger partial charge in [-0.2, -0.15) is 5.26 Å². The van der Waals surface area contributed by atoms with Crippen molar-refractivity contribution in [1.29, 1.82) is 5.26 Å². The van der Waals surface area contributed by atoms with E-state index < -0.39 is 5.82 Å². The van der Waals surface area contributed by atoms with E-state index in [2.05, 4.69) is 6.07 Å². The molecule has 0 fully saturated rings. The Hall–Kier alpha value is -4.17. The van der Waals surface area contributed by atoms with Crippen LogP contribution in [0.4, 0.5) is 4.39 Å².